The molecule has 1 amide bonds. The maximum atomic E-state index is 12.8. The van der Waals surface area contributed by atoms with Crippen molar-refractivity contribution in [2.45, 2.75) is 72.3 Å². The number of rotatable bonds is 1. The average Bonchev–Trinajstić information content (AvgIpc) is 2.95. The maximum Gasteiger partial charge on any atom is 0.255 e. The quantitative estimate of drug-likeness (QED) is 0.692. The molecule has 0 aromatic rings. The number of hydrogen-bond donors (Lipinski definition) is 2. The second kappa shape index (κ2) is 5.96. The molecule has 0 aromatic heterocycles. The van der Waals surface area contributed by atoms with Gasteiger partial charge >= 0.3 is 0 Å². The summed E-state index contributed by atoms with van der Waals surface area (Å²) < 4.78 is 0. The van der Waals surface area contributed by atoms with Crippen molar-refractivity contribution in [3.8, 4) is 0 Å². The van der Waals surface area contributed by atoms with Crippen molar-refractivity contribution in [2.24, 2.45) is 28.6 Å². The smallest absolute Gasteiger partial charge is 0.255 e. The van der Waals surface area contributed by atoms with Crippen LogP contribution in [0.3, 0.4) is 0 Å². The van der Waals surface area contributed by atoms with Gasteiger partial charge in [0.25, 0.3) is 5.91 Å². The van der Waals surface area contributed by atoms with E-state index >= 15 is 0 Å². The molecule has 0 bridgehead atoms. The summed E-state index contributed by atoms with van der Waals surface area (Å²) >= 11 is 0. The van der Waals surface area contributed by atoms with E-state index in [9.17, 15) is 9.59 Å². The number of carbonyl (C=O) groups is 2. The molecule has 1 aliphatic heterocycles. The number of allylic oxidation sites excluding steroid dienone is 2. The second-order valence-electron chi connectivity index (χ2n) is 10.8. The fourth-order valence-electron chi connectivity index (χ4n) is 6.48. The van der Waals surface area contributed by atoms with Crippen molar-refractivity contribution in [3.05, 3.63) is 23.4 Å². The fraction of sp³-hybridized carbons (Fsp3) is 0.739. The van der Waals surface area contributed by atoms with Crippen molar-refractivity contribution in [1.29, 1.82) is 0 Å². The van der Waals surface area contributed by atoms with Gasteiger partial charge in [-0.15, -0.1) is 0 Å². The van der Waals surface area contributed by atoms with Gasteiger partial charge < -0.3 is 10.6 Å². The maximum absolute atomic E-state index is 12.8. The molecule has 148 valence electrons. The van der Waals surface area contributed by atoms with Crippen LogP contribution in [0, 0.1) is 28.6 Å². The highest BCUT2D eigenvalue weighted by atomic mass is 16.2. The van der Waals surface area contributed by atoms with Crippen LogP contribution in [0.4, 0.5) is 0 Å². The Hall–Kier alpha value is -1.58. The lowest BCUT2D eigenvalue weighted by molar-refractivity contribution is -0.122. The van der Waals surface area contributed by atoms with Crippen molar-refractivity contribution in [1.82, 2.24) is 10.6 Å². The van der Waals surface area contributed by atoms with Gasteiger partial charge in [-0.1, -0.05) is 26.3 Å². The van der Waals surface area contributed by atoms with Crippen LogP contribution in [-0.4, -0.2) is 23.8 Å². The molecule has 27 heavy (non-hydrogen) atoms. The molecule has 0 aromatic carbocycles. The van der Waals surface area contributed by atoms with E-state index in [0.717, 1.165) is 18.2 Å². The highest BCUT2D eigenvalue weighted by Crippen LogP contribution is 2.61. The van der Waals surface area contributed by atoms with Gasteiger partial charge in [0.1, 0.15) is 0 Å². The van der Waals surface area contributed by atoms with Gasteiger partial charge in [0.15, 0.2) is 5.78 Å². The molecule has 4 nitrogen and oxygen atoms in total. The third kappa shape index (κ3) is 2.96. The molecule has 4 aliphatic rings. The Kier molecular flexibility index (Phi) is 4.14. The zero-order valence-electron chi connectivity index (χ0n) is 17.4. The second-order valence-corrected chi connectivity index (χ2v) is 10.8. The summed E-state index contributed by atoms with van der Waals surface area (Å²) in [5.74, 6) is 1.49. The Morgan fingerprint density at radius 3 is 2.63 bits per heavy atom. The van der Waals surface area contributed by atoms with Crippen molar-refractivity contribution >= 4 is 11.7 Å². The minimum atomic E-state index is -0.354. The van der Waals surface area contributed by atoms with Gasteiger partial charge in [-0.3, -0.25) is 9.59 Å². The molecule has 1 saturated heterocycles. The number of fused-ring (bicyclic) bond motifs is 5. The zero-order chi connectivity index (χ0) is 19.6. The molecular formula is C23H34N2O2. The largest absolute Gasteiger partial charge is 0.387 e. The Morgan fingerprint density at radius 1 is 1.19 bits per heavy atom. The van der Waals surface area contributed by atoms with Crippen molar-refractivity contribution < 1.29 is 9.59 Å². The number of piperidine rings is 1. The number of hydrogen-bond acceptors (Lipinski definition) is 3. The van der Waals surface area contributed by atoms with Gasteiger partial charge in [-0.25, -0.2) is 0 Å². The van der Waals surface area contributed by atoms with Crippen LogP contribution in [0.1, 0.15) is 66.7 Å². The minimum Gasteiger partial charge on any atom is -0.387 e. The number of ketones is 1. The summed E-state index contributed by atoms with van der Waals surface area (Å²) in [7, 11) is 0. The van der Waals surface area contributed by atoms with E-state index < -0.39 is 0 Å². The van der Waals surface area contributed by atoms with Crippen LogP contribution in [0.5, 0.6) is 0 Å². The van der Waals surface area contributed by atoms with Crippen LogP contribution in [0.25, 0.3) is 0 Å². The third-order valence-corrected chi connectivity index (χ3v) is 7.82. The van der Waals surface area contributed by atoms with E-state index in [4.69, 9.17) is 0 Å². The van der Waals surface area contributed by atoms with E-state index in [1.54, 1.807) is 6.08 Å². The average molecular weight is 371 g/mol. The van der Waals surface area contributed by atoms with Crippen molar-refractivity contribution in [3.63, 3.8) is 0 Å². The SMILES string of the molecule is CC(C)(C)NC(=O)C1=C[C@@]2(C)C(=CC1=O)NC[C@H]1[C@@H]3CCC[C@@]3(C)CC[C@@H]12. The predicted molar refractivity (Wildman–Crippen MR) is 107 cm³/mol. The van der Waals surface area contributed by atoms with E-state index in [1.165, 1.54) is 32.1 Å². The standard InChI is InChI=1S/C23H34N2O2/c1-21(2,3)25-20(27)14-12-23(5)17-8-10-22(4)9-6-7-16(22)15(17)13-24-19(23)11-18(14)26/h11-12,15-17,24H,6-10,13H2,1-5H3,(H,25,27)/t15-,16-,17-,22-,23+/m0/s1. The van der Waals surface area contributed by atoms with E-state index in [2.05, 4.69) is 24.5 Å². The lowest BCUT2D eigenvalue weighted by Crippen LogP contribution is -2.55. The van der Waals surface area contributed by atoms with E-state index in [-0.39, 0.29) is 22.6 Å². The normalized spacial score (nSPS) is 40.8. The summed E-state index contributed by atoms with van der Waals surface area (Å²) in [6.07, 6.45) is 10.2. The van der Waals surface area contributed by atoms with Crippen LogP contribution >= 0.6 is 0 Å². The molecule has 3 fully saturated rings. The summed E-state index contributed by atoms with van der Waals surface area (Å²) in [6.45, 7) is 11.5. The summed E-state index contributed by atoms with van der Waals surface area (Å²) in [5, 5.41) is 6.56. The highest BCUT2D eigenvalue weighted by molar-refractivity contribution is 6.24. The Balaban J connectivity index is 1.68. The van der Waals surface area contributed by atoms with Gasteiger partial charge in [-0.05, 0) is 69.6 Å². The fourth-order valence-corrected chi connectivity index (χ4v) is 6.48. The lowest BCUT2D eigenvalue weighted by Gasteiger charge is -2.56. The lowest BCUT2D eigenvalue weighted by atomic mass is 9.51. The van der Waals surface area contributed by atoms with Crippen molar-refractivity contribution in [2.75, 3.05) is 6.54 Å². The molecule has 0 unspecified atom stereocenters. The first-order chi connectivity index (χ1) is 12.5. The third-order valence-electron chi connectivity index (χ3n) is 7.82. The monoisotopic (exact) mass is 370 g/mol. The molecule has 1 heterocycles. The number of nitrogens with one attached hydrogen (secondary N) is 2. The van der Waals surface area contributed by atoms with Gasteiger partial charge in [0.2, 0.25) is 0 Å². The molecule has 0 radical (unpaired) electrons. The van der Waals surface area contributed by atoms with Gasteiger partial charge in [-0.2, -0.15) is 0 Å². The summed E-state index contributed by atoms with van der Waals surface area (Å²) in [5.41, 5.74) is 1.22. The molecular weight excluding hydrogens is 336 g/mol. The van der Waals surface area contributed by atoms with Crippen LogP contribution in [0.15, 0.2) is 23.4 Å². The molecule has 4 heteroatoms. The zero-order valence-corrected chi connectivity index (χ0v) is 17.4. The Bertz CT molecular complexity index is 744. The number of amides is 1. The topological polar surface area (TPSA) is 58.2 Å². The van der Waals surface area contributed by atoms with Gasteiger partial charge in [0, 0.05) is 29.3 Å². The number of carbonyl (C=O) groups excluding carboxylic acids is 2. The van der Waals surface area contributed by atoms with E-state index in [1.807, 2.05) is 26.8 Å². The van der Waals surface area contributed by atoms with E-state index in [0.29, 0.717) is 22.8 Å². The first kappa shape index (κ1) is 18.8. The molecule has 4 rings (SSSR count). The Morgan fingerprint density at radius 2 is 1.93 bits per heavy atom. The summed E-state index contributed by atoms with van der Waals surface area (Å²) in [4.78, 5) is 25.5. The molecule has 5 atom stereocenters. The predicted octanol–water partition coefficient (Wildman–Crippen LogP) is 3.74. The van der Waals surface area contributed by atoms with Crippen LogP contribution < -0.4 is 10.6 Å². The van der Waals surface area contributed by atoms with Crippen LogP contribution in [0.2, 0.25) is 0 Å². The molecule has 2 saturated carbocycles. The van der Waals surface area contributed by atoms with Gasteiger partial charge in [0.05, 0.1) is 5.57 Å². The molecule has 0 spiro atoms. The van der Waals surface area contributed by atoms with Crippen LogP contribution in [-0.2, 0) is 9.59 Å². The minimum absolute atomic E-state index is 0.170. The highest BCUT2D eigenvalue weighted by Gasteiger charge is 2.56. The molecule has 2 N–H and O–H groups in total. The summed E-state index contributed by atoms with van der Waals surface area (Å²) in [6, 6.07) is 0. The molecule has 3 aliphatic carbocycles. The Labute approximate surface area is 163 Å². The first-order valence-corrected chi connectivity index (χ1v) is 10.6. The first-order valence-electron chi connectivity index (χ1n) is 10.6.